The molecule has 22 heteroatoms. The molecule has 0 aromatic rings. The number of rotatable bonds is 22. The fourth-order valence-electron chi connectivity index (χ4n) is 5.03. The molecular weight excluding hydrogens is 1100 g/mol. The minimum Gasteiger partial charge on any atom is -0.464 e. The van der Waals surface area contributed by atoms with Crippen LogP contribution in [0.4, 0.5) is 0 Å². The van der Waals surface area contributed by atoms with Crippen LogP contribution in [0.1, 0.15) is 83.1 Å². The van der Waals surface area contributed by atoms with Crippen LogP contribution in [0.15, 0.2) is 12.2 Å². The number of nitrogens with zero attached hydrogens (tertiary/aromatic N) is 1. The normalized spacial score (nSPS) is 18.5. The van der Waals surface area contributed by atoms with Crippen LogP contribution >= 0.6 is 63.7 Å². The summed E-state index contributed by atoms with van der Waals surface area (Å²) in [6.07, 6.45) is 1.54. The average molecular weight is 1160 g/mol. The van der Waals surface area contributed by atoms with E-state index in [9.17, 15) is 43.2 Å². The van der Waals surface area contributed by atoms with E-state index in [1.807, 2.05) is 0 Å². The van der Waals surface area contributed by atoms with Crippen LogP contribution < -0.4 is 0 Å². The van der Waals surface area contributed by atoms with Gasteiger partial charge < -0.3 is 37.9 Å². The van der Waals surface area contributed by atoms with E-state index in [0.29, 0.717) is 0 Å². The molecule has 63 heavy (non-hydrogen) atoms. The van der Waals surface area contributed by atoms with E-state index in [1.54, 1.807) is 13.0 Å². The van der Waals surface area contributed by atoms with Crippen LogP contribution in [-0.4, -0.2) is 141 Å². The molecule has 3 atom stereocenters. The van der Waals surface area contributed by atoms with Gasteiger partial charge in [0.1, 0.15) is 79.8 Å². The second-order valence-corrected chi connectivity index (χ2v) is 26.1. The first kappa shape index (κ1) is 56.2. The number of imide groups is 1. The topological polar surface area (TPSA) is 231 Å². The third-order valence-corrected chi connectivity index (χ3v) is 10.8. The lowest BCUT2D eigenvalue weighted by atomic mass is 9.90. The van der Waals surface area contributed by atoms with Crippen LogP contribution in [0.2, 0.25) is 0 Å². The summed E-state index contributed by atoms with van der Waals surface area (Å²) in [5, 5.41) is 0. The number of carbonyl (C=O) groups is 9. The maximum absolute atomic E-state index is 14.0. The number of hydrogen-bond donors (Lipinski definition) is 0. The lowest BCUT2D eigenvalue weighted by molar-refractivity contribution is -0.183. The van der Waals surface area contributed by atoms with E-state index >= 15 is 0 Å². The van der Waals surface area contributed by atoms with Crippen molar-refractivity contribution in [2.45, 2.75) is 113 Å². The SMILES string of the molecule is C[C@@H]1C(=O)N(CCOC(=O)C(C)(COC(=O)C(C)(COC(=O)C(C)(C)Br)COC(=O)C(C)(C)Br)COC(=O)C(C)(COC(=O)C(C)(C)Br)COC(=O)C(C)(C)Br)C(=O)C2C=CC1O2. The van der Waals surface area contributed by atoms with Gasteiger partial charge in [-0.1, -0.05) is 76.7 Å². The van der Waals surface area contributed by atoms with Gasteiger partial charge >= 0.3 is 41.8 Å². The van der Waals surface area contributed by atoms with Crippen molar-refractivity contribution >= 4 is 117 Å². The number of amides is 2. The molecular formula is C41H57Br4NO17. The summed E-state index contributed by atoms with van der Waals surface area (Å²) in [5.74, 6) is -8.33. The van der Waals surface area contributed by atoms with Crippen molar-refractivity contribution in [2.24, 2.45) is 22.2 Å². The Morgan fingerprint density at radius 3 is 1.08 bits per heavy atom. The Kier molecular flexibility index (Phi) is 19.2. The maximum Gasteiger partial charge on any atom is 0.322 e. The predicted molar refractivity (Wildman–Crippen MR) is 237 cm³/mol. The number of halogens is 4. The fourth-order valence-corrected chi connectivity index (χ4v) is 5.49. The van der Waals surface area contributed by atoms with E-state index in [1.165, 1.54) is 82.2 Å². The third kappa shape index (κ3) is 15.9. The maximum atomic E-state index is 14.0. The number of ether oxygens (including phenoxy) is 8. The van der Waals surface area contributed by atoms with Crippen molar-refractivity contribution in [1.82, 2.24) is 4.90 Å². The summed E-state index contributed by atoms with van der Waals surface area (Å²) in [4.78, 5) is 120. The molecule has 1 saturated heterocycles. The molecule has 0 spiro atoms. The Morgan fingerprint density at radius 2 is 0.778 bits per heavy atom. The first-order valence-electron chi connectivity index (χ1n) is 19.6. The molecule has 0 aliphatic carbocycles. The fraction of sp³-hybridized carbons (Fsp3) is 0.732. The average Bonchev–Trinajstić information content (AvgIpc) is 3.65. The number of esters is 7. The number of fused-ring (bicyclic) bond motifs is 2. The molecule has 2 aliphatic rings. The van der Waals surface area contributed by atoms with Crippen LogP contribution in [0, 0.1) is 22.2 Å². The van der Waals surface area contributed by atoms with Gasteiger partial charge in [-0.2, -0.15) is 0 Å². The van der Waals surface area contributed by atoms with Gasteiger partial charge in [0.2, 0.25) is 5.91 Å². The van der Waals surface area contributed by atoms with Crippen molar-refractivity contribution in [3.63, 3.8) is 0 Å². The largest absolute Gasteiger partial charge is 0.464 e. The molecule has 0 saturated carbocycles. The number of carbonyl (C=O) groups excluding carboxylic acids is 9. The van der Waals surface area contributed by atoms with Gasteiger partial charge in [-0.25, -0.2) is 0 Å². The van der Waals surface area contributed by atoms with Crippen molar-refractivity contribution < 1.29 is 81.0 Å². The summed E-state index contributed by atoms with van der Waals surface area (Å²) < 4.78 is 39.4. The van der Waals surface area contributed by atoms with Crippen LogP contribution in [0.5, 0.6) is 0 Å². The highest BCUT2D eigenvalue weighted by molar-refractivity contribution is 9.10. The molecule has 1 fully saturated rings. The zero-order valence-corrected chi connectivity index (χ0v) is 43.8. The molecule has 0 N–H and O–H groups in total. The predicted octanol–water partition coefficient (Wildman–Crippen LogP) is 4.83. The number of alkyl halides is 4. The van der Waals surface area contributed by atoms with Crippen molar-refractivity contribution in [2.75, 3.05) is 52.8 Å². The van der Waals surface area contributed by atoms with Crippen molar-refractivity contribution in [3.8, 4) is 0 Å². The highest BCUT2D eigenvalue weighted by atomic mass is 79.9. The third-order valence-electron chi connectivity index (χ3n) is 9.54. The van der Waals surface area contributed by atoms with Crippen LogP contribution in [0.25, 0.3) is 0 Å². The highest BCUT2D eigenvalue weighted by Crippen LogP contribution is 2.32. The molecule has 2 rings (SSSR count). The number of hydrogen-bond acceptors (Lipinski definition) is 17. The second-order valence-electron chi connectivity index (χ2n) is 18.2. The van der Waals surface area contributed by atoms with E-state index in [2.05, 4.69) is 63.7 Å². The smallest absolute Gasteiger partial charge is 0.322 e. The molecule has 2 aliphatic heterocycles. The summed E-state index contributed by atoms with van der Waals surface area (Å²) in [6, 6.07) is 0. The summed E-state index contributed by atoms with van der Waals surface area (Å²) in [6.45, 7) is 12.3. The van der Waals surface area contributed by atoms with Gasteiger partial charge in [0.15, 0.2) is 6.10 Å². The second kappa shape index (κ2) is 21.6. The highest BCUT2D eigenvalue weighted by Gasteiger charge is 2.48. The first-order chi connectivity index (χ1) is 28.5. The summed E-state index contributed by atoms with van der Waals surface area (Å²) >= 11 is 12.8. The Bertz CT molecular complexity index is 1660. The van der Waals surface area contributed by atoms with Gasteiger partial charge in [-0.3, -0.25) is 48.1 Å². The molecule has 0 aromatic carbocycles. The first-order valence-corrected chi connectivity index (χ1v) is 22.8. The van der Waals surface area contributed by atoms with Gasteiger partial charge in [0.05, 0.1) is 18.6 Å². The lowest BCUT2D eigenvalue weighted by Crippen LogP contribution is -2.48. The molecule has 2 heterocycles. The van der Waals surface area contributed by atoms with E-state index in [4.69, 9.17) is 37.9 Å². The quantitative estimate of drug-likeness (QED) is 0.0465. The molecule has 2 amide bonds. The minimum absolute atomic E-state index is 0.380. The van der Waals surface area contributed by atoms with Crippen LogP contribution in [0.3, 0.4) is 0 Å². The molecule has 18 nitrogen and oxygen atoms in total. The molecule has 2 bridgehead atoms. The molecule has 356 valence electrons. The van der Waals surface area contributed by atoms with Gasteiger partial charge in [0, 0.05) is 0 Å². The molecule has 2 unspecified atom stereocenters. The zero-order valence-electron chi connectivity index (χ0n) is 37.4. The van der Waals surface area contributed by atoms with Gasteiger partial charge in [0.25, 0.3) is 5.91 Å². The Balaban J connectivity index is 2.47. The summed E-state index contributed by atoms with van der Waals surface area (Å²) in [5.41, 5.74) is -5.77. The van der Waals surface area contributed by atoms with E-state index in [0.717, 1.165) is 4.90 Å². The standard InChI is InChI=1S/C41H57Br4NO17/c1-23-24-13-14-25(63-24)27(48)46(26(23)47)15-16-56-32(53)39(10,21-61-33(54)40(11,17-57-28(49)35(2,3)42)18-58-29(50)36(4,5)43)22-62-34(55)41(12,19-59-30(51)37(6,7)44)20-60-31(52)38(8,9)45/h13-14,23-25H,15-22H2,1-12H3/t23-,24?,25?/m0/s1. The minimum atomic E-state index is -2.05. The van der Waals surface area contributed by atoms with Crippen LogP contribution in [-0.2, 0) is 81.0 Å². The Labute approximate surface area is 400 Å². The summed E-state index contributed by atoms with van der Waals surface area (Å²) in [7, 11) is 0. The van der Waals surface area contributed by atoms with Gasteiger partial charge in [-0.15, -0.1) is 0 Å². The zero-order chi connectivity index (χ0) is 48.7. The van der Waals surface area contributed by atoms with E-state index in [-0.39, 0.29) is 6.54 Å². The monoisotopic (exact) mass is 1150 g/mol. The molecule has 0 radical (unpaired) electrons. The van der Waals surface area contributed by atoms with Crippen molar-refractivity contribution in [1.29, 1.82) is 0 Å². The Morgan fingerprint density at radius 1 is 0.492 bits per heavy atom. The lowest BCUT2D eigenvalue weighted by Gasteiger charge is -2.33. The van der Waals surface area contributed by atoms with E-state index < -0.39 is 152 Å². The van der Waals surface area contributed by atoms with Crippen molar-refractivity contribution in [3.05, 3.63) is 12.2 Å². The van der Waals surface area contributed by atoms with Gasteiger partial charge in [-0.05, 0) is 82.2 Å². The molecule has 0 aromatic heterocycles. The Hall–Kier alpha value is -2.95.